The maximum absolute atomic E-state index is 12.8. The van der Waals surface area contributed by atoms with Crippen LogP contribution in [0.4, 0.5) is 0 Å². The number of rotatable bonds is 6. The molecule has 28 heavy (non-hydrogen) atoms. The Hall–Kier alpha value is -1.67. The van der Waals surface area contributed by atoms with E-state index in [1.165, 1.54) is 10.4 Å². The predicted molar refractivity (Wildman–Crippen MR) is 109 cm³/mol. The monoisotopic (exact) mass is 441 g/mol. The van der Waals surface area contributed by atoms with Crippen molar-refractivity contribution in [3.63, 3.8) is 0 Å². The van der Waals surface area contributed by atoms with Gasteiger partial charge in [0.15, 0.2) is 0 Å². The topological polar surface area (TPSA) is 79.4 Å². The van der Waals surface area contributed by atoms with Gasteiger partial charge >= 0.3 is 0 Å². The van der Waals surface area contributed by atoms with Gasteiger partial charge in [0.1, 0.15) is 0 Å². The summed E-state index contributed by atoms with van der Waals surface area (Å²) in [7, 11) is -3.59. The second kappa shape index (κ2) is 9.22. The zero-order valence-corrected chi connectivity index (χ0v) is 17.5. The molecule has 0 unspecified atom stereocenters. The van der Waals surface area contributed by atoms with E-state index in [4.69, 9.17) is 23.2 Å². The fraction of sp³-hybridized carbons (Fsp3) is 0.368. The SMILES string of the molecule is O=C(NCc1ccccn1)[C@@H]1CCCN(S(=O)(=O)Cc2ccc(Cl)cc2Cl)C1. The summed E-state index contributed by atoms with van der Waals surface area (Å²) >= 11 is 12.0. The van der Waals surface area contributed by atoms with Crippen LogP contribution in [0.3, 0.4) is 0 Å². The van der Waals surface area contributed by atoms with Crippen LogP contribution in [0.5, 0.6) is 0 Å². The van der Waals surface area contributed by atoms with E-state index >= 15 is 0 Å². The standard InChI is InChI=1S/C19H21Cl2N3O3S/c20-16-7-6-15(18(21)10-16)13-28(26,27)24-9-3-4-14(12-24)19(25)23-11-17-5-1-2-8-22-17/h1-2,5-8,10,14H,3-4,9,11-13H2,(H,23,25)/t14-/m1/s1. The van der Waals surface area contributed by atoms with Crippen molar-refractivity contribution in [2.24, 2.45) is 5.92 Å². The first kappa shape index (κ1) is 21.0. The molecule has 9 heteroatoms. The number of nitrogens with zero attached hydrogens (tertiary/aromatic N) is 2. The average molecular weight is 442 g/mol. The first-order chi connectivity index (χ1) is 13.3. The Labute approximate surface area is 174 Å². The van der Waals surface area contributed by atoms with Crippen molar-refractivity contribution >= 4 is 39.1 Å². The molecule has 0 aliphatic carbocycles. The molecule has 2 heterocycles. The second-order valence-electron chi connectivity index (χ2n) is 6.73. The predicted octanol–water partition coefficient (Wildman–Crippen LogP) is 3.25. The van der Waals surface area contributed by atoms with Gasteiger partial charge in [0.05, 0.1) is 23.9 Å². The third-order valence-electron chi connectivity index (χ3n) is 4.67. The number of amides is 1. The third-order valence-corrected chi connectivity index (χ3v) is 7.05. The largest absolute Gasteiger partial charge is 0.350 e. The molecule has 1 aromatic carbocycles. The van der Waals surface area contributed by atoms with Crippen LogP contribution in [0.2, 0.25) is 10.0 Å². The summed E-state index contributed by atoms with van der Waals surface area (Å²) in [5.74, 6) is -0.756. The van der Waals surface area contributed by atoms with E-state index in [0.717, 1.165) is 5.69 Å². The lowest BCUT2D eigenvalue weighted by atomic mass is 9.99. The number of carbonyl (C=O) groups excluding carboxylic acids is 1. The van der Waals surface area contributed by atoms with Crippen molar-refractivity contribution < 1.29 is 13.2 Å². The second-order valence-corrected chi connectivity index (χ2v) is 9.54. The summed E-state index contributed by atoms with van der Waals surface area (Å²) in [6.45, 7) is 0.891. The maximum atomic E-state index is 12.8. The van der Waals surface area contributed by atoms with E-state index in [-0.39, 0.29) is 24.1 Å². The number of carbonyl (C=O) groups is 1. The number of hydrogen-bond donors (Lipinski definition) is 1. The van der Waals surface area contributed by atoms with Crippen LogP contribution < -0.4 is 5.32 Å². The molecule has 1 amide bonds. The van der Waals surface area contributed by atoms with Gasteiger partial charge in [0.2, 0.25) is 15.9 Å². The number of aromatic nitrogens is 1. The molecule has 6 nitrogen and oxygen atoms in total. The van der Waals surface area contributed by atoms with Crippen LogP contribution in [0.1, 0.15) is 24.1 Å². The molecule has 0 bridgehead atoms. The number of halogens is 2. The quantitative estimate of drug-likeness (QED) is 0.745. The van der Waals surface area contributed by atoms with E-state index in [9.17, 15) is 13.2 Å². The lowest BCUT2D eigenvalue weighted by Gasteiger charge is -2.31. The molecule has 1 N–H and O–H groups in total. The molecule has 1 atom stereocenters. The highest BCUT2D eigenvalue weighted by Gasteiger charge is 2.32. The minimum absolute atomic E-state index is 0.157. The number of sulfonamides is 1. The van der Waals surface area contributed by atoms with Crippen molar-refractivity contribution in [2.45, 2.75) is 25.1 Å². The molecule has 0 radical (unpaired) electrons. The van der Waals surface area contributed by atoms with Crippen LogP contribution in [0.15, 0.2) is 42.6 Å². The van der Waals surface area contributed by atoms with Crippen LogP contribution in [-0.2, 0) is 27.1 Å². The molecule has 150 valence electrons. The van der Waals surface area contributed by atoms with Gasteiger partial charge in [-0.3, -0.25) is 9.78 Å². The van der Waals surface area contributed by atoms with Crippen LogP contribution in [0.25, 0.3) is 0 Å². The minimum atomic E-state index is -3.59. The van der Waals surface area contributed by atoms with Crippen molar-refractivity contribution in [1.29, 1.82) is 0 Å². The number of nitrogens with one attached hydrogen (secondary N) is 1. The lowest BCUT2D eigenvalue weighted by molar-refractivity contribution is -0.126. The Morgan fingerprint density at radius 1 is 1.25 bits per heavy atom. The fourth-order valence-corrected chi connectivity index (χ4v) is 5.36. The van der Waals surface area contributed by atoms with E-state index in [1.807, 2.05) is 18.2 Å². The molecular weight excluding hydrogens is 421 g/mol. The van der Waals surface area contributed by atoms with Crippen molar-refractivity contribution in [1.82, 2.24) is 14.6 Å². The molecule has 3 rings (SSSR count). The van der Waals surface area contributed by atoms with Gasteiger partial charge in [-0.2, -0.15) is 0 Å². The Morgan fingerprint density at radius 2 is 2.07 bits per heavy atom. The van der Waals surface area contributed by atoms with Crippen LogP contribution in [0, 0.1) is 5.92 Å². The highest BCUT2D eigenvalue weighted by atomic mass is 35.5. The molecule has 1 fully saturated rings. The first-order valence-corrected chi connectivity index (χ1v) is 11.3. The van der Waals surface area contributed by atoms with Gasteiger partial charge in [0.25, 0.3) is 0 Å². The molecule has 1 aliphatic heterocycles. The molecule has 1 aliphatic rings. The summed E-state index contributed by atoms with van der Waals surface area (Å²) in [6, 6.07) is 10.2. The Bertz CT molecular complexity index is 939. The summed E-state index contributed by atoms with van der Waals surface area (Å²) in [4.78, 5) is 16.7. The summed E-state index contributed by atoms with van der Waals surface area (Å²) < 4.78 is 27.0. The van der Waals surface area contributed by atoms with Gasteiger partial charge in [-0.15, -0.1) is 0 Å². The van der Waals surface area contributed by atoms with E-state index in [1.54, 1.807) is 18.3 Å². The summed E-state index contributed by atoms with van der Waals surface area (Å²) in [5, 5.41) is 3.62. The minimum Gasteiger partial charge on any atom is -0.350 e. The van der Waals surface area contributed by atoms with Crippen LogP contribution in [-0.4, -0.2) is 36.7 Å². The smallest absolute Gasteiger partial charge is 0.224 e. The van der Waals surface area contributed by atoms with Gasteiger partial charge in [0, 0.05) is 29.3 Å². The third kappa shape index (κ3) is 5.44. The van der Waals surface area contributed by atoms with E-state index in [0.29, 0.717) is 41.5 Å². The Morgan fingerprint density at radius 3 is 2.79 bits per heavy atom. The van der Waals surface area contributed by atoms with Gasteiger partial charge in [-0.05, 0) is 42.7 Å². The molecule has 0 spiro atoms. The van der Waals surface area contributed by atoms with Gasteiger partial charge < -0.3 is 5.32 Å². The first-order valence-electron chi connectivity index (χ1n) is 8.94. The lowest BCUT2D eigenvalue weighted by Crippen LogP contribution is -2.45. The van der Waals surface area contributed by atoms with Crippen molar-refractivity contribution in [3.8, 4) is 0 Å². The van der Waals surface area contributed by atoms with E-state index < -0.39 is 10.0 Å². The molecule has 1 aromatic heterocycles. The summed E-state index contributed by atoms with van der Waals surface area (Å²) in [6.07, 6.45) is 2.95. The molecule has 1 saturated heterocycles. The average Bonchev–Trinajstić information content (AvgIpc) is 2.69. The van der Waals surface area contributed by atoms with Gasteiger partial charge in [-0.1, -0.05) is 35.3 Å². The molecule has 0 saturated carbocycles. The van der Waals surface area contributed by atoms with E-state index in [2.05, 4.69) is 10.3 Å². The summed E-state index contributed by atoms with van der Waals surface area (Å²) in [5.41, 5.74) is 1.25. The maximum Gasteiger partial charge on any atom is 0.224 e. The zero-order chi connectivity index (χ0) is 20.1. The normalized spacial score (nSPS) is 18.0. The highest BCUT2D eigenvalue weighted by Crippen LogP contribution is 2.26. The number of benzene rings is 1. The molecular formula is C19H21Cl2N3O3S. The molecule has 2 aromatic rings. The zero-order valence-electron chi connectivity index (χ0n) is 15.1. The van der Waals surface area contributed by atoms with Crippen molar-refractivity contribution in [3.05, 3.63) is 63.9 Å². The fourth-order valence-electron chi connectivity index (χ4n) is 3.16. The number of hydrogen-bond acceptors (Lipinski definition) is 4. The van der Waals surface area contributed by atoms with Crippen molar-refractivity contribution in [2.75, 3.05) is 13.1 Å². The number of piperidine rings is 1. The van der Waals surface area contributed by atoms with Crippen LogP contribution >= 0.6 is 23.2 Å². The van der Waals surface area contributed by atoms with Gasteiger partial charge in [-0.25, -0.2) is 12.7 Å². The Balaban J connectivity index is 1.62. The number of pyridine rings is 1. The highest BCUT2D eigenvalue weighted by molar-refractivity contribution is 7.88. The Kier molecular flexibility index (Phi) is 6.93.